The molecule has 0 spiro atoms. The quantitative estimate of drug-likeness (QED) is 0.430. The van der Waals surface area contributed by atoms with E-state index in [9.17, 15) is 8.78 Å². The Hall–Kier alpha value is -1.89. The molecule has 0 aliphatic carbocycles. The molecule has 0 aliphatic rings. The van der Waals surface area contributed by atoms with E-state index in [0.717, 1.165) is 37.7 Å². The van der Waals surface area contributed by atoms with Crippen LogP contribution >= 0.6 is 0 Å². The first-order valence-corrected chi connectivity index (χ1v) is 7.60. The van der Waals surface area contributed by atoms with Gasteiger partial charge >= 0.3 is 6.61 Å². The van der Waals surface area contributed by atoms with E-state index in [1.807, 2.05) is 18.9 Å². The lowest BCUT2D eigenvalue weighted by molar-refractivity contribution is -0.0498. The van der Waals surface area contributed by atoms with E-state index in [1.54, 1.807) is 19.2 Å². The second-order valence-corrected chi connectivity index (χ2v) is 4.90. The number of hydrogen-bond acceptors (Lipinski definition) is 3. The largest absolute Gasteiger partial charge is 0.435 e. The summed E-state index contributed by atoms with van der Waals surface area (Å²) in [7, 11) is 3.64. The predicted molar refractivity (Wildman–Crippen MR) is 87.0 cm³/mol. The lowest BCUT2D eigenvalue weighted by Gasteiger charge is -2.22. The van der Waals surface area contributed by atoms with Gasteiger partial charge in [0.15, 0.2) is 5.96 Å². The summed E-state index contributed by atoms with van der Waals surface area (Å²) in [6.45, 7) is 1.99. The minimum absolute atomic E-state index is 0.157. The van der Waals surface area contributed by atoms with Gasteiger partial charge in [-0.15, -0.1) is 0 Å². The number of guanidine groups is 1. The zero-order valence-corrected chi connectivity index (χ0v) is 13.9. The van der Waals surface area contributed by atoms with Gasteiger partial charge in [0.2, 0.25) is 0 Å². The van der Waals surface area contributed by atoms with Crippen LogP contribution in [-0.4, -0.2) is 51.3 Å². The van der Waals surface area contributed by atoms with Crippen LogP contribution < -0.4 is 10.1 Å². The van der Waals surface area contributed by atoms with Crippen molar-refractivity contribution in [3.8, 4) is 5.75 Å². The smallest absolute Gasteiger partial charge is 0.387 e. The summed E-state index contributed by atoms with van der Waals surface area (Å²) in [5.41, 5.74) is 0.978. The molecule has 0 aliphatic heterocycles. The third kappa shape index (κ3) is 7.78. The molecular weight excluding hydrogens is 304 g/mol. The number of nitrogens with zero attached hydrogens (tertiary/aromatic N) is 2. The second-order valence-electron chi connectivity index (χ2n) is 4.90. The van der Waals surface area contributed by atoms with E-state index in [4.69, 9.17) is 4.74 Å². The molecule has 1 rings (SSSR count). The maximum Gasteiger partial charge on any atom is 0.387 e. The van der Waals surface area contributed by atoms with Crippen LogP contribution in [0.4, 0.5) is 8.78 Å². The van der Waals surface area contributed by atoms with E-state index in [1.165, 1.54) is 12.1 Å². The number of alkyl halides is 2. The number of aliphatic imine (C=N–C) groups is 1. The van der Waals surface area contributed by atoms with Crippen LogP contribution in [-0.2, 0) is 11.3 Å². The van der Waals surface area contributed by atoms with Gasteiger partial charge in [-0.1, -0.05) is 12.1 Å². The summed E-state index contributed by atoms with van der Waals surface area (Å²) < 4.78 is 33.8. The van der Waals surface area contributed by atoms with Gasteiger partial charge in [0.25, 0.3) is 0 Å². The molecule has 0 atom stereocenters. The average molecular weight is 329 g/mol. The average Bonchev–Trinajstić information content (AvgIpc) is 2.52. The van der Waals surface area contributed by atoms with Crippen molar-refractivity contribution in [2.75, 3.05) is 33.9 Å². The third-order valence-corrected chi connectivity index (χ3v) is 3.09. The maximum atomic E-state index is 12.1. The minimum Gasteiger partial charge on any atom is -0.435 e. The molecule has 0 saturated carbocycles. The monoisotopic (exact) mass is 329 g/mol. The molecule has 7 heteroatoms. The molecule has 1 N–H and O–H groups in total. The van der Waals surface area contributed by atoms with E-state index < -0.39 is 6.61 Å². The Kier molecular flexibility index (Phi) is 8.97. The van der Waals surface area contributed by atoms with Crippen molar-refractivity contribution >= 4 is 5.96 Å². The summed E-state index contributed by atoms with van der Waals surface area (Å²) in [5.74, 6) is 0.930. The van der Waals surface area contributed by atoms with Gasteiger partial charge < -0.3 is 19.7 Å². The zero-order chi connectivity index (χ0) is 17.1. The number of halogens is 2. The first-order valence-electron chi connectivity index (χ1n) is 7.60. The van der Waals surface area contributed by atoms with Gasteiger partial charge in [0.05, 0.1) is 0 Å². The number of benzene rings is 1. The summed E-state index contributed by atoms with van der Waals surface area (Å²) >= 11 is 0. The van der Waals surface area contributed by atoms with Gasteiger partial charge in [-0.3, -0.25) is 4.99 Å². The van der Waals surface area contributed by atoms with Crippen molar-refractivity contribution in [3.05, 3.63) is 29.8 Å². The molecular formula is C16H25F2N3O2. The molecule has 0 radical (unpaired) electrons. The predicted octanol–water partition coefficient (Wildman–Crippen LogP) is 2.72. The van der Waals surface area contributed by atoms with Crippen LogP contribution in [0.25, 0.3) is 0 Å². The Bertz CT molecular complexity index is 467. The van der Waals surface area contributed by atoms with Crippen LogP contribution in [0.2, 0.25) is 0 Å². The standard InChI is InChI=1S/C16H25F2N3O2/c1-4-22-11-5-10-20-16(19-2)21(3)12-13-6-8-14(9-7-13)23-15(17)18/h6-9,15H,4-5,10-12H2,1-3H3,(H,19,20). The van der Waals surface area contributed by atoms with Crippen molar-refractivity contribution in [1.29, 1.82) is 0 Å². The van der Waals surface area contributed by atoms with Crippen LogP contribution in [0, 0.1) is 0 Å². The van der Waals surface area contributed by atoms with Gasteiger partial charge in [0, 0.05) is 40.4 Å². The van der Waals surface area contributed by atoms with E-state index in [2.05, 4.69) is 15.0 Å². The zero-order valence-electron chi connectivity index (χ0n) is 13.9. The fraction of sp³-hybridized carbons (Fsp3) is 0.562. The molecule has 5 nitrogen and oxygen atoms in total. The van der Waals surface area contributed by atoms with Crippen molar-refractivity contribution < 1.29 is 18.3 Å². The minimum atomic E-state index is -2.80. The molecule has 23 heavy (non-hydrogen) atoms. The number of ether oxygens (including phenoxy) is 2. The van der Waals surface area contributed by atoms with Crippen molar-refractivity contribution in [1.82, 2.24) is 10.2 Å². The summed E-state index contributed by atoms with van der Waals surface area (Å²) in [6.07, 6.45) is 0.903. The van der Waals surface area contributed by atoms with E-state index >= 15 is 0 Å². The highest BCUT2D eigenvalue weighted by Crippen LogP contribution is 2.15. The number of hydrogen-bond donors (Lipinski definition) is 1. The molecule has 0 saturated heterocycles. The highest BCUT2D eigenvalue weighted by atomic mass is 19.3. The topological polar surface area (TPSA) is 46.1 Å². The lowest BCUT2D eigenvalue weighted by Crippen LogP contribution is -2.39. The SMILES string of the molecule is CCOCCCNC(=NC)N(C)Cc1ccc(OC(F)F)cc1. The van der Waals surface area contributed by atoms with Gasteiger partial charge in [-0.2, -0.15) is 8.78 Å². The highest BCUT2D eigenvalue weighted by molar-refractivity contribution is 5.79. The summed E-state index contributed by atoms with van der Waals surface area (Å²) in [6, 6.07) is 6.59. The first kappa shape index (κ1) is 19.2. The van der Waals surface area contributed by atoms with Crippen LogP contribution in [0.1, 0.15) is 18.9 Å². The molecule has 1 aromatic rings. The van der Waals surface area contributed by atoms with Gasteiger partial charge in [0.1, 0.15) is 5.75 Å². The second kappa shape index (κ2) is 10.8. The molecule has 0 fully saturated rings. The number of nitrogens with one attached hydrogen (secondary N) is 1. The Morgan fingerprint density at radius 1 is 1.30 bits per heavy atom. The molecule has 0 heterocycles. The highest BCUT2D eigenvalue weighted by Gasteiger charge is 2.07. The molecule has 0 bridgehead atoms. The van der Waals surface area contributed by atoms with Gasteiger partial charge in [-0.25, -0.2) is 0 Å². The Balaban J connectivity index is 2.44. The van der Waals surface area contributed by atoms with Crippen molar-refractivity contribution in [2.24, 2.45) is 4.99 Å². The molecule has 0 amide bonds. The van der Waals surface area contributed by atoms with Gasteiger partial charge in [-0.05, 0) is 31.0 Å². The Labute approximate surface area is 136 Å². The lowest BCUT2D eigenvalue weighted by atomic mass is 10.2. The normalized spacial score (nSPS) is 11.7. The van der Waals surface area contributed by atoms with Crippen molar-refractivity contribution in [3.63, 3.8) is 0 Å². The fourth-order valence-electron chi connectivity index (χ4n) is 2.03. The van der Waals surface area contributed by atoms with Crippen LogP contribution in [0.15, 0.2) is 29.3 Å². The first-order chi connectivity index (χ1) is 11.1. The summed E-state index contributed by atoms with van der Waals surface area (Å²) in [5, 5.41) is 3.26. The van der Waals surface area contributed by atoms with E-state index in [0.29, 0.717) is 6.54 Å². The third-order valence-electron chi connectivity index (χ3n) is 3.09. The Morgan fingerprint density at radius 2 is 2.00 bits per heavy atom. The summed E-state index contributed by atoms with van der Waals surface area (Å²) in [4.78, 5) is 6.19. The van der Waals surface area contributed by atoms with E-state index in [-0.39, 0.29) is 5.75 Å². The van der Waals surface area contributed by atoms with Crippen LogP contribution in [0.3, 0.4) is 0 Å². The molecule has 0 aromatic heterocycles. The van der Waals surface area contributed by atoms with Crippen molar-refractivity contribution in [2.45, 2.75) is 26.5 Å². The fourth-order valence-corrected chi connectivity index (χ4v) is 2.03. The maximum absolute atomic E-state index is 12.1. The number of rotatable bonds is 9. The van der Waals surface area contributed by atoms with Crippen LogP contribution in [0.5, 0.6) is 5.75 Å². The Morgan fingerprint density at radius 3 is 2.57 bits per heavy atom. The molecule has 0 unspecified atom stereocenters. The molecule has 1 aromatic carbocycles. The molecule has 130 valence electrons.